The third-order valence-electron chi connectivity index (χ3n) is 5.07. The molecular formula is C23H21N3O5S2. The maximum absolute atomic E-state index is 13.5. The summed E-state index contributed by atoms with van der Waals surface area (Å²) >= 11 is 2.77. The summed E-state index contributed by atoms with van der Waals surface area (Å²) in [6.07, 6.45) is 0. The van der Waals surface area contributed by atoms with Gasteiger partial charge in [0.05, 0.1) is 23.8 Å². The summed E-state index contributed by atoms with van der Waals surface area (Å²) < 4.78 is 5.44. The van der Waals surface area contributed by atoms with Crippen LogP contribution in [0, 0.1) is 10.1 Å². The highest BCUT2D eigenvalue weighted by molar-refractivity contribution is 8.00. The van der Waals surface area contributed by atoms with E-state index >= 15 is 0 Å². The first-order valence-electron chi connectivity index (χ1n) is 10.2. The normalized spacial score (nSPS) is 15.5. The second-order valence-corrected chi connectivity index (χ2v) is 9.27. The van der Waals surface area contributed by atoms with Crippen LogP contribution in [0.2, 0.25) is 0 Å². The number of carbonyl (C=O) groups is 2. The van der Waals surface area contributed by atoms with Crippen LogP contribution in [0.25, 0.3) is 0 Å². The summed E-state index contributed by atoms with van der Waals surface area (Å²) in [6.45, 7) is 2.65. The molecule has 0 saturated carbocycles. The van der Waals surface area contributed by atoms with Crippen LogP contribution in [-0.2, 0) is 16.1 Å². The average molecular weight is 484 g/mol. The summed E-state index contributed by atoms with van der Waals surface area (Å²) in [5.74, 6) is 0.174. The molecule has 2 amide bonds. The Morgan fingerprint density at radius 3 is 2.70 bits per heavy atom. The minimum atomic E-state index is -1.02. The van der Waals surface area contributed by atoms with E-state index in [4.69, 9.17) is 4.74 Å². The lowest BCUT2D eigenvalue weighted by Crippen LogP contribution is -2.40. The van der Waals surface area contributed by atoms with Gasteiger partial charge in [-0.1, -0.05) is 6.07 Å². The maximum Gasteiger partial charge on any atom is 0.269 e. The standard InChI is InChI=1S/C23H21N3O5S2/c1-2-31-17-8-5-15(6-9-17)24-23(28)22-19-12-16(26(29)30)7-10-20(19)33-14-21(27)25(22)13-18-4-3-11-32-18/h3-12,22H,2,13-14H2,1H3,(H,24,28). The molecule has 0 spiro atoms. The van der Waals surface area contributed by atoms with Gasteiger partial charge in [-0.25, -0.2) is 0 Å². The molecule has 1 aliphatic heterocycles. The predicted molar refractivity (Wildman–Crippen MR) is 128 cm³/mol. The Bertz CT molecular complexity index is 1170. The molecule has 170 valence electrons. The SMILES string of the molecule is CCOc1ccc(NC(=O)C2c3cc([N+](=O)[O-])ccc3SCC(=O)N2Cc2cccs2)cc1. The zero-order valence-corrected chi connectivity index (χ0v) is 19.4. The zero-order chi connectivity index (χ0) is 23.4. The van der Waals surface area contributed by atoms with Crippen molar-refractivity contribution in [3.05, 3.63) is 80.5 Å². The number of carbonyl (C=O) groups excluding carboxylic acids is 2. The van der Waals surface area contributed by atoms with Crippen LogP contribution in [-0.4, -0.2) is 34.0 Å². The molecule has 2 heterocycles. The summed E-state index contributed by atoms with van der Waals surface area (Å²) in [5.41, 5.74) is 0.856. The molecule has 1 atom stereocenters. The van der Waals surface area contributed by atoms with E-state index < -0.39 is 16.9 Å². The molecule has 0 radical (unpaired) electrons. The molecule has 0 aliphatic carbocycles. The molecule has 3 aromatic rings. The van der Waals surface area contributed by atoms with Gasteiger partial charge in [0.2, 0.25) is 5.91 Å². The lowest BCUT2D eigenvalue weighted by atomic mass is 10.0. The number of amides is 2. The smallest absolute Gasteiger partial charge is 0.269 e. The van der Waals surface area contributed by atoms with Crippen molar-refractivity contribution in [2.45, 2.75) is 24.4 Å². The molecule has 4 rings (SSSR count). The first kappa shape index (κ1) is 22.8. The monoisotopic (exact) mass is 483 g/mol. The third kappa shape index (κ3) is 5.18. The molecule has 33 heavy (non-hydrogen) atoms. The molecule has 1 unspecified atom stereocenters. The van der Waals surface area contributed by atoms with Gasteiger partial charge in [-0.05, 0) is 48.7 Å². The lowest BCUT2D eigenvalue weighted by Gasteiger charge is -2.29. The Morgan fingerprint density at radius 1 is 1.24 bits per heavy atom. The van der Waals surface area contributed by atoms with Gasteiger partial charge in [-0.2, -0.15) is 0 Å². The van der Waals surface area contributed by atoms with Crippen molar-refractivity contribution in [2.24, 2.45) is 0 Å². The largest absolute Gasteiger partial charge is 0.494 e. The van der Waals surface area contributed by atoms with E-state index in [0.29, 0.717) is 28.5 Å². The Morgan fingerprint density at radius 2 is 2.03 bits per heavy atom. The highest BCUT2D eigenvalue weighted by atomic mass is 32.2. The predicted octanol–water partition coefficient (Wildman–Crippen LogP) is 4.87. The maximum atomic E-state index is 13.5. The van der Waals surface area contributed by atoms with Gasteiger partial charge in [0, 0.05) is 33.2 Å². The summed E-state index contributed by atoms with van der Waals surface area (Å²) in [5, 5.41) is 16.2. The topological polar surface area (TPSA) is 102 Å². The molecule has 0 saturated heterocycles. The van der Waals surface area contributed by atoms with Gasteiger partial charge < -0.3 is 15.0 Å². The Balaban J connectivity index is 1.72. The molecule has 8 nitrogen and oxygen atoms in total. The Kier molecular flexibility index (Phi) is 6.95. The van der Waals surface area contributed by atoms with Gasteiger partial charge in [-0.3, -0.25) is 19.7 Å². The fraction of sp³-hybridized carbons (Fsp3) is 0.217. The number of ether oxygens (including phenoxy) is 1. The van der Waals surface area contributed by atoms with Gasteiger partial charge in [0.25, 0.3) is 11.6 Å². The fourth-order valence-electron chi connectivity index (χ4n) is 3.57. The number of fused-ring (bicyclic) bond motifs is 1. The number of nitrogens with zero attached hydrogens (tertiary/aromatic N) is 2. The number of nitro benzene ring substituents is 1. The van der Waals surface area contributed by atoms with Gasteiger partial charge in [-0.15, -0.1) is 23.1 Å². The third-order valence-corrected chi connectivity index (χ3v) is 7.00. The molecule has 2 aromatic carbocycles. The van der Waals surface area contributed by atoms with Crippen LogP contribution in [0.3, 0.4) is 0 Å². The van der Waals surface area contributed by atoms with Crippen LogP contribution in [0.15, 0.2) is 64.9 Å². The van der Waals surface area contributed by atoms with Crippen molar-refractivity contribution in [3.8, 4) is 5.75 Å². The first-order chi connectivity index (χ1) is 16.0. The zero-order valence-electron chi connectivity index (χ0n) is 17.7. The molecule has 0 bridgehead atoms. The van der Waals surface area contributed by atoms with E-state index in [2.05, 4.69) is 5.32 Å². The Hall–Kier alpha value is -3.37. The number of thioether (sulfide) groups is 1. The minimum absolute atomic E-state index is 0.126. The van der Waals surface area contributed by atoms with E-state index in [1.165, 1.54) is 40.1 Å². The number of hydrogen-bond acceptors (Lipinski definition) is 7. The number of rotatable bonds is 7. The van der Waals surface area contributed by atoms with E-state index in [1.807, 2.05) is 24.4 Å². The van der Waals surface area contributed by atoms with Crippen molar-refractivity contribution in [1.29, 1.82) is 0 Å². The number of anilines is 1. The summed E-state index contributed by atoms with van der Waals surface area (Å²) in [7, 11) is 0. The molecular weight excluding hydrogens is 462 g/mol. The summed E-state index contributed by atoms with van der Waals surface area (Å²) in [4.78, 5) is 40.7. The van der Waals surface area contributed by atoms with E-state index in [-0.39, 0.29) is 23.9 Å². The Labute approximate surface area is 198 Å². The molecule has 1 N–H and O–H groups in total. The van der Waals surface area contributed by atoms with Gasteiger partial charge in [0.15, 0.2) is 0 Å². The van der Waals surface area contributed by atoms with Crippen molar-refractivity contribution >= 4 is 46.3 Å². The average Bonchev–Trinajstić information content (AvgIpc) is 3.27. The van der Waals surface area contributed by atoms with Gasteiger partial charge in [0.1, 0.15) is 11.8 Å². The summed E-state index contributed by atoms with van der Waals surface area (Å²) in [6, 6.07) is 14.1. The van der Waals surface area contributed by atoms with E-state index in [9.17, 15) is 19.7 Å². The molecule has 10 heteroatoms. The highest BCUT2D eigenvalue weighted by Crippen LogP contribution is 2.39. The number of non-ortho nitro benzene ring substituents is 1. The van der Waals surface area contributed by atoms with Crippen LogP contribution in [0.4, 0.5) is 11.4 Å². The molecule has 0 fully saturated rings. The lowest BCUT2D eigenvalue weighted by molar-refractivity contribution is -0.385. The molecule has 1 aliphatic rings. The van der Waals surface area contributed by atoms with Gasteiger partial charge >= 0.3 is 0 Å². The number of thiophene rings is 1. The number of hydrogen-bond donors (Lipinski definition) is 1. The number of nitrogens with one attached hydrogen (secondary N) is 1. The van der Waals surface area contributed by atoms with Crippen LogP contribution < -0.4 is 10.1 Å². The van der Waals surface area contributed by atoms with E-state index in [0.717, 1.165) is 4.88 Å². The fourth-order valence-corrected chi connectivity index (χ4v) is 5.22. The first-order valence-corrected chi connectivity index (χ1v) is 12.1. The van der Waals surface area contributed by atoms with Crippen molar-refractivity contribution in [3.63, 3.8) is 0 Å². The quantitative estimate of drug-likeness (QED) is 0.380. The highest BCUT2D eigenvalue weighted by Gasteiger charge is 2.37. The minimum Gasteiger partial charge on any atom is -0.494 e. The number of benzene rings is 2. The van der Waals surface area contributed by atoms with Crippen LogP contribution in [0.5, 0.6) is 5.75 Å². The second kappa shape index (κ2) is 10.1. The second-order valence-electron chi connectivity index (χ2n) is 7.22. The molecule has 1 aromatic heterocycles. The van der Waals surface area contributed by atoms with Crippen LogP contribution >= 0.6 is 23.1 Å². The van der Waals surface area contributed by atoms with Crippen molar-refractivity contribution in [2.75, 3.05) is 17.7 Å². The van der Waals surface area contributed by atoms with Crippen molar-refractivity contribution in [1.82, 2.24) is 4.90 Å². The van der Waals surface area contributed by atoms with E-state index in [1.54, 1.807) is 30.3 Å². The van der Waals surface area contributed by atoms with Crippen LogP contribution in [0.1, 0.15) is 23.4 Å². The van der Waals surface area contributed by atoms with Crippen molar-refractivity contribution < 1.29 is 19.2 Å². The number of nitro groups is 1.